The first-order valence-corrected chi connectivity index (χ1v) is 13.7. The Bertz CT molecular complexity index is 1070. The highest BCUT2D eigenvalue weighted by Gasteiger charge is 2.28. The summed E-state index contributed by atoms with van der Waals surface area (Å²) >= 11 is 0. The van der Waals surface area contributed by atoms with Crippen LogP contribution in [0, 0.1) is 0 Å². The van der Waals surface area contributed by atoms with Crippen molar-refractivity contribution < 1.29 is 23.3 Å². The fourth-order valence-electron chi connectivity index (χ4n) is 3.30. The lowest BCUT2D eigenvalue weighted by Crippen LogP contribution is -2.33. The zero-order valence-corrected chi connectivity index (χ0v) is 21.5. The Morgan fingerprint density at radius 3 is 2.46 bits per heavy atom. The van der Waals surface area contributed by atoms with Crippen LogP contribution >= 0.6 is 7.52 Å². The standard InChI is InChI=1S/C24H36N5O5P/c1-4-13-31-22(32-14-5-2)15-28-35(30,34-20-9-7-6-8-10-20)18-33-19(3)16-29-17-27-23-21(25)11-12-26-24(23)29/h6-12,17,19,22H,4-5,13-16,18H2,1-3H3,(H2,25,26)(H,28,30)/t19-,35?/m1/s1. The van der Waals surface area contributed by atoms with Gasteiger partial charge in [0.15, 0.2) is 11.9 Å². The maximum Gasteiger partial charge on any atom is 0.342 e. The predicted octanol–water partition coefficient (Wildman–Crippen LogP) is 4.42. The van der Waals surface area contributed by atoms with Crippen LogP contribution in [-0.4, -0.2) is 53.0 Å². The van der Waals surface area contributed by atoms with Gasteiger partial charge in [0, 0.05) is 19.4 Å². The van der Waals surface area contributed by atoms with Gasteiger partial charge in [-0.15, -0.1) is 0 Å². The van der Waals surface area contributed by atoms with E-state index in [1.165, 1.54) is 0 Å². The van der Waals surface area contributed by atoms with E-state index in [4.69, 9.17) is 24.5 Å². The van der Waals surface area contributed by atoms with Gasteiger partial charge < -0.3 is 29.0 Å². The highest BCUT2D eigenvalue weighted by molar-refractivity contribution is 7.57. The molecule has 0 saturated heterocycles. The first kappa shape index (κ1) is 27.1. The molecule has 0 amide bonds. The molecular weight excluding hydrogens is 469 g/mol. The quantitative estimate of drug-likeness (QED) is 0.215. The highest BCUT2D eigenvalue weighted by atomic mass is 31.2. The number of aromatic nitrogens is 3. The first-order chi connectivity index (χ1) is 16.9. The average Bonchev–Trinajstić information content (AvgIpc) is 3.27. The van der Waals surface area contributed by atoms with Gasteiger partial charge in [-0.2, -0.15) is 0 Å². The third-order valence-electron chi connectivity index (χ3n) is 5.03. The summed E-state index contributed by atoms with van der Waals surface area (Å²) < 4.78 is 39.0. The van der Waals surface area contributed by atoms with Crippen LogP contribution in [0.1, 0.15) is 33.6 Å². The summed E-state index contributed by atoms with van der Waals surface area (Å²) in [5.41, 5.74) is 7.86. The van der Waals surface area contributed by atoms with E-state index in [-0.39, 0.29) is 19.0 Å². The van der Waals surface area contributed by atoms with Gasteiger partial charge in [-0.3, -0.25) is 4.57 Å². The molecule has 0 fully saturated rings. The number of nitrogens with zero attached hydrogens (tertiary/aromatic N) is 3. The molecule has 192 valence electrons. The number of hydrogen-bond acceptors (Lipinski definition) is 8. The summed E-state index contributed by atoms with van der Waals surface area (Å²) in [5, 5.41) is 3.02. The van der Waals surface area contributed by atoms with Crippen LogP contribution in [0.5, 0.6) is 5.75 Å². The van der Waals surface area contributed by atoms with Gasteiger partial charge in [0.1, 0.15) is 17.6 Å². The Balaban J connectivity index is 1.66. The molecule has 10 nitrogen and oxygen atoms in total. The SMILES string of the molecule is CCCOC(CNP(=O)(CO[C@H](C)Cn1cnc2c(N)ccnc21)Oc1ccccc1)OCCC. The van der Waals surface area contributed by atoms with Crippen molar-refractivity contribution in [1.29, 1.82) is 0 Å². The number of hydrogen-bond donors (Lipinski definition) is 2. The number of ether oxygens (including phenoxy) is 3. The Morgan fingerprint density at radius 2 is 1.77 bits per heavy atom. The number of pyridine rings is 1. The number of benzene rings is 1. The number of fused-ring (bicyclic) bond motifs is 1. The molecule has 0 radical (unpaired) electrons. The van der Waals surface area contributed by atoms with E-state index in [1.54, 1.807) is 30.7 Å². The maximum absolute atomic E-state index is 13.8. The molecule has 0 aliphatic carbocycles. The van der Waals surface area contributed by atoms with Gasteiger partial charge in [0.2, 0.25) is 0 Å². The van der Waals surface area contributed by atoms with Gasteiger partial charge in [-0.05, 0) is 38.0 Å². The smallest absolute Gasteiger partial charge is 0.342 e. The van der Waals surface area contributed by atoms with Gasteiger partial charge in [0.05, 0.1) is 31.2 Å². The van der Waals surface area contributed by atoms with Crippen molar-refractivity contribution in [3.05, 3.63) is 48.9 Å². The topological polar surface area (TPSA) is 123 Å². The number of rotatable bonds is 16. The minimum atomic E-state index is -3.45. The summed E-state index contributed by atoms with van der Waals surface area (Å²) in [6, 6.07) is 10.7. The molecule has 35 heavy (non-hydrogen) atoms. The molecule has 3 aromatic rings. The Hall–Kier alpha value is -2.49. The molecule has 3 N–H and O–H groups in total. The lowest BCUT2D eigenvalue weighted by Gasteiger charge is -2.25. The van der Waals surface area contributed by atoms with Crippen LogP contribution in [0.3, 0.4) is 0 Å². The number of nitrogens with two attached hydrogens (primary N) is 1. The second kappa shape index (κ2) is 13.6. The van der Waals surface area contributed by atoms with Crippen LogP contribution in [-0.2, 0) is 25.3 Å². The van der Waals surface area contributed by atoms with E-state index in [9.17, 15) is 4.57 Å². The lowest BCUT2D eigenvalue weighted by atomic mass is 10.3. The molecule has 2 heterocycles. The monoisotopic (exact) mass is 505 g/mol. The molecule has 11 heteroatoms. The third kappa shape index (κ3) is 8.30. The average molecular weight is 506 g/mol. The minimum Gasteiger partial charge on any atom is -0.431 e. The third-order valence-corrected chi connectivity index (χ3v) is 6.69. The number of nitrogen functional groups attached to an aromatic ring is 1. The Morgan fingerprint density at radius 1 is 1.06 bits per heavy atom. The molecule has 0 aliphatic heterocycles. The minimum absolute atomic E-state index is 0.139. The van der Waals surface area contributed by atoms with E-state index in [0.29, 0.717) is 42.4 Å². The highest BCUT2D eigenvalue weighted by Crippen LogP contribution is 2.43. The molecule has 1 unspecified atom stereocenters. The zero-order chi connectivity index (χ0) is 25.1. The van der Waals surface area contributed by atoms with Crippen molar-refractivity contribution in [2.24, 2.45) is 0 Å². The fourth-order valence-corrected chi connectivity index (χ4v) is 4.85. The Labute approximate surface area is 206 Å². The van der Waals surface area contributed by atoms with Gasteiger partial charge in [-0.1, -0.05) is 32.0 Å². The first-order valence-electron chi connectivity index (χ1n) is 11.9. The van der Waals surface area contributed by atoms with Crippen molar-refractivity contribution in [2.45, 2.75) is 52.6 Å². The van der Waals surface area contributed by atoms with Crippen molar-refractivity contribution in [3.63, 3.8) is 0 Å². The molecule has 3 rings (SSSR count). The summed E-state index contributed by atoms with van der Waals surface area (Å²) in [6.45, 7) is 7.70. The van der Waals surface area contributed by atoms with Crippen molar-refractivity contribution in [3.8, 4) is 5.75 Å². The molecular formula is C24H36N5O5P. The molecule has 0 aliphatic rings. The van der Waals surface area contributed by atoms with E-state index >= 15 is 0 Å². The largest absolute Gasteiger partial charge is 0.431 e. The van der Waals surface area contributed by atoms with Crippen molar-refractivity contribution in [1.82, 2.24) is 19.6 Å². The predicted molar refractivity (Wildman–Crippen MR) is 136 cm³/mol. The van der Waals surface area contributed by atoms with E-state index < -0.39 is 13.8 Å². The maximum atomic E-state index is 13.8. The van der Waals surface area contributed by atoms with Gasteiger partial charge in [-0.25, -0.2) is 15.1 Å². The van der Waals surface area contributed by atoms with Crippen LogP contribution in [0.15, 0.2) is 48.9 Å². The van der Waals surface area contributed by atoms with Crippen LogP contribution in [0.4, 0.5) is 5.69 Å². The van der Waals surface area contributed by atoms with Crippen molar-refractivity contribution in [2.75, 3.05) is 31.8 Å². The van der Waals surface area contributed by atoms with Gasteiger partial charge >= 0.3 is 7.52 Å². The van der Waals surface area contributed by atoms with Crippen LogP contribution in [0.25, 0.3) is 11.2 Å². The zero-order valence-electron chi connectivity index (χ0n) is 20.6. The summed E-state index contributed by atoms with van der Waals surface area (Å²) in [4.78, 5) is 8.70. The lowest BCUT2D eigenvalue weighted by molar-refractivity contribution is -0.137. The molecule has 0 bridgehead atoms. The fraction of sp³-hybridized carbons (Fsp3) is 0.500. The van der Waals surface area contributed by atoms with Crippen LogP contribution < -0.4 is 15.3 Å². The Kier molecular flexibility index (Phi) is 10.5. The number of anilines is 1. The summed E-state index contributed by atoms with van der Waals surface area (Å²) in [7, 11) is -3.45. The van der Waals surface area contributed by atoms with E-state index in [0.717, 1.165) is 12.8 Å². The molecule has 1 aromatic carbocycles. The second-order valence-corrected chi connectivity index (χ2v) is 10.3. The van der Waals surface area contributed by atoms with E-state index in [1.807, 2.05) is 43.5 Å². The van der Waals surface area contributed by atoms with Crippen molar-refractivity contribution >= 4 is 24.4 Å². The molecule has 0 saturated carbocycles. The number of imidazole rings is 1. The normalized spacial score (nSPS) is 14.3. The number of nitrogens with one attached hydrogen (secondary N) is 1. The molecule has 2 aromatic heterocycles. The number of para-hydroxylation sites is 1. The summed E-state index contributed by atoms with van der Waals surface area (Å²) in [5.74, 6) is 0.486. The summed E-state index contributed by atoms with van der Waals surface area (Å²) in [6.07, 6.45) is 4.06. The van der Waals surface area contributed by atoms with Crippen LogP contribution in [0.2, 0.25) is 0 Å². The van der Waals surface area contributed by atoms with E-state index in [2.05, 4.69) is 15.1 Å². The second-order valence-electron chi connectivity index (χ2n) is 8.19. The van der Waals surface area contributed by atoms with Gasteiger partial charge in [0.25, 0.3) is 0 Å². The molecule has 0 spiro atoms. The molecule has 2 atom stereocenters.